The molecule has 17 nitrogen and oxygen atoms in total. The number of ether oxygens (including phenoxy) is 4. The number of halogens is 1. The number of carbonyl (C=O) groups is 6. The van der Waals surface area contributed by atoms with E-state index in [9.17, 15) is 28.8 Å². The molecule has 344 valence electrons. The Hall–Kier alpha value is -6.41. The van der Waals surface area contributed by atoms with Crippen LogP contribution in [0.1, 0.15) is 50.9 Å². The zero-order valence-corrected chi connectivity index (χ0v) is 37.6. The second-order valence-electron chi connectivity index (χ2n) is 15.7. The highest BCUT2D eigenvalue weighted by atomic mass is 35.5. The second kappa shape index (κ2) is 21.3. The van der Waals surface area contributed by atoms with Crippen molar-refractivity contribution in [2.75, 3.05) is 87.5 Å². The highest BCUT2D eigenvalue weighted by Gasteiger charge is 2.35. The van der Waals surface area contributed by atoms with E-state index in [0.29, 0.717) is 61.6 Å². The third-order valence-corrected chi connectivity index (χ3v) is 12.6. The lowest BCUT2D eigenvalue weighted by molar-refractivity contribution is -0.137. The van der Waals surface area contributed by atoms with E-state index in [4.69, 9.17) is 30.5 Å². The van der Waals surface area contributed by atoms with Crippen molar-refractivity contribution in [2.24, 2.45) is 0 Å². The van der Waals surface area contributed by atoms with E-state index in [1.54, 1.807) is 52.6 Å². The fourth-order valence-electron chi connectivity index (χ4n) is 7.90. The van der Waals surface area contributed by atoms with Crippen LogP contribution in [-0.2, 0) is 38.1 Å². The Morgan fingerprint density at radius 3 is 2.14 bits per heavy atom. The summed E-state index contributed by atoms with van der Waals surface area (Å²) < 4.78 is 22.8. The number of nitrogens with zero attached hydrogens (tertiary/aromatic N) is 2. The Morgan fingerprint density at radius 2 is 1.41 bits per heavy atom. The van der Waals surface area contributed by atoms with Gasteiger partial charge in [0.05, 0.1) is 46.1 Å². The number of aromatic amines is 2. The maximum absolute atomic E-state index is 13.9. The SMILES string of the molecule is Cc1csc2ccc3c(c12)[C@H](CCl)CN3C(=O)c1cc2cc(NC(=O)c3cc4cc(NC(=O)CCOCCOCCOCOCCNC(=O)CCN5C(=O)C=CC5=O)ccc4[nH]3)ccc2[nH]1. The smallest absolute Gasteiger partial charge is 0.274 e. The minimum Gasteiger partial charge on any atom is -0.379 e. The summed E-state index contributed by atoms with van der Waals surface area (Å²) in [6.07, 6.45) is 2.50. The predicted octanol–water partition coefficient (Wildman–Crippen LogP) is 6.19. The molecule has 19 heteroatoms. The second-order valence-corrected chi connectivity index (χ2v) is 16.9. The van der Waals surface area contributed by atoms with E-state index in [1.165, 1.54) is 27.8 Å². The van der Waals surface area contributed by atoms with Gasteiger partial charge in [-0.15, -0.1) is 22.9 Å². The van der Waals surface area contributed by atoms with Crippen LogP contribution in [0.3, 0.4) is 0 Å². The number of nitrogens with one attached hydrogen (secondary N) is 5. The largest absolute Gasteiger partial charge is 0.379 e. The van der Waals surface area contributed by atoms with Gasteiger partial charge >= 0.3 is 0 Å². The van der Waals surface area contributed by atoms with Gasteiger partial charge in [0.15, 0.2) is 0 Å². The van der Waals surface area contributed by atoms with E-state index in [1.807, 2.05) is 18.2 Å². The number of amides is 6. The minimum absolute atomic E-state index is 0.0118. The molecule has 2 aliphatic rings. The van der Waals surface area contributed by atoms with E-state index in [2.05, 4.69) is 44.3 Å². The van der Waals surface area contributed by atoms with E-state index in [0.717, 1.165) is 38.0 Å². The average molecular weight is 938 g/mol. The van der Waals surface area contributed by atoms with Crippen LogP contribution in [0.5, 0.6) is 0 Å². The third-order valence-electron chi connectivity index (χ3n) is 11.1. The standard InChI is InChI=1S/C47H48ClN7O10S/c1-28-26-66-39-7-6-38-45(44(28)39)31(24-48)25-55(38)47(61)37-23-30-21-33(3-5-35(30)53-37)51-46(60)36-22-29-20-32(2-4-34(29)52-36)50-41(57)11-14-62-16-17-63-18-19-65-27-64-15-12-49-40(56)10-13-54-42(58)8-9-43(54)59/h2-9,20-23,26,31,52-53H,10-19,24-25,27H2,1H3,(H,49,56)(H,50,57)(H,51,60)/t31-/m1/s1. The van der Waals surface area contributed by atoms with Gasteiger partial charge < -0.3 is 49.8 Å². The summed E-state index contributed by atoms with van der Waals surface area (Å²) in [6, 6.07) is 18.4. The molecule has 0 bridgehead atoms. The molecule has 3 aromatic heterocycles. The number of aromatic nitrogens is 2. The number of benzene rings is 3. The van der Waals surface area contributed by atoms with Gasteiger partial charge in [-0.1, -0.05) is 0 Å². The summed E-state index contributed by atoms with van der Waals surface area (Å²) in [4.78, 5) is 84.1. The van der Waals surface area contributed by atoms with Gasteiger partial charge in [0, 0.05) is 99.0 Å². The topological polar surface area (TPSA) is 213 Å². The summed E-state index contributed by atoms with van der Waals surface area (Å²) >= 11 is 8.13. The van der Waals surface area contributed by atoms with Crippen LogP contribution in [0.4, 0.5) is 17.1 Å². The molecule has 0 aliphatic carbocycles. The molecule has 0 saturated heterocycles. The number of anilines is 3. The summed E-state index contributed by atoms with van der Waals surface area (Å²) in [5.74, 6) is -1.41. The number of fused-ring (bicyclic) bond motifs is 5. The van der Waals surface area contributed by atoms with Gasteiger partial charge in [-0.25, -0.2) is 0 Å². The fourth-order valence-corrected chi connectivity index (χ4v) is 9.11. The first kappa shape index (κ1) is 46.1. The summed E-state index contributed by atoms with van der Waals surface area (Å²) in [5.41, 5.74) is 6.62. The maximum Gasteiger partial charge on any atom is 0.274 e. The van der Waals surface area contributed by atoms with Gasteiger partial charge in [-0.3, -0.25) is 33.7 Å². The van der Waals surface area contributed by atoms with Crippen LogP contribution in [0.2, 0.25) is 0 Å². The van der Waals surface area contributed by atoms with Crippen LogP contribution in [0, 0.1) is 6.92 Å². The summed E-state index contributed by atoms with van der Waals surface area (Å²) in [6.45, 7) is 4.54. The highest BCUT2D eigenvalue weighted by molar-refractivity contribution is 7.17. The molecule has 8 rings (SSSR count). The first-order chi connectivity index (χ1) is 32.1. The summed E-state index contributed by atoms with van der Waals surface area (Å²) in [5, 5.41) is 13.3. The number of rotatable bonds is 22. The molecule has 5 N–H and O–H groups in total. The normalized spacial score (nSPS) is 14.5. The zero-order chi connectivity index (χ0) is 46.2. The Bertz CT molecular complexity index is 2820. The van der Waals surface area contributed by atoms with Crippen molar-refractivity contribution in [3.63, 3.8) is 0 Å². The summed E-state index contributed by atoms with van der Waals surface area (Å²) in [7, 11) is 0. The van der Waals surface area contributed by atoms with Crippen molar-refractivity contribution in [3.8, 4) is 0 Å². The van der Waals surface area contributed by atoms with Crippen molar-refractivity contribution < 1.29 is 47.7 Å². The molecule has 5 heterocycles. The molecule has 0 unspecified atom stereocenters. The van der Waals surface area contributed by atoms with Crippen LogP contribution >= 0.6 is 22.9 Å². The Balaban J connectivity index is 0.709. The van der Waals surface area contributed by atoms with Crippen LogP contribution in [-0.4, -0.2) is 122 Å². The first-order valence-corrected chi connectivity index (χ1v) is 22.8. The molecule has 3 aromatic carbocycles. The van der Waals surface area contributed by atoms with Crippen molar-refractivity contribution in [1.29, 1.82) is 0 Å². The number of hydrogen-bond donors (Lipinski definition) is 5. The van der Waals surface area contributed by atoms with Gasteiger partial charge in [-0.2, -0.15) is 0 Å². The van der Waals surface area contributed by atoms with E-state index < -0.39 is 11.8 Å². The average Bonchev–Trinajstić information content (AvgIpc) is 4.15. The molecule has 6 amide bonds. The minimum atomic E-state index is -0.422. The maximum atomic E-state index is 13.9. The molecule has 1 atom stereocenters. The number of alkyl halides is 1. The lowest BCUT2D eigenvalue weighted by atomic mass is 9.97. The van der Waals surface area contributed by atoms with E-state index in [-0.39, 0.29) is 75.5 Å². The van der Waals surface area contributed by atoms with Gasteiger partial charge in [-0.05, 0) is 84.1 Å². The van der Waals surface area contributed by atoms with Crippen LogP contribution < -0.4 is 20.9 Å². The third kappa shape index (κ3) is 10.8. The molecule has 2 aliphatic heterocycles. The van der Waals surface area contributed by atoms with Crippen LogP contribution in [0.25, 0.3) is 31.9 Å². The predicted molar refractivity (Wildman–Crippen MR) is 251 cm³/mol. The molecule has 6 aromatic rings. The number of hydrogen-bond acceptors (Lipinski definition) is 11. The number of carbonyl (C=O) groups excluding carboxylic acids is 6. The number of imide groups is 1. The van der Waals surface area contributed by atoms with Crippen molar-refractivity contribution in [1.82, 2.24) is 20.2 Å². The van der Waals surface area contributed by atoms with Gasteiger partial charge in [0.1, 0.15) is 18.2 Å². The molecule has 0 fully saturated rings. The number of aryl methyl sites for hydroxylation is 1. The molecule has 0 spiro atoms. The lowest BCUT2D eigenvalue weighted by Gasteiger charge is -2.17. The molecule has 0 saturated carbocycles. The number of H-pyrrole nitrogens is 2. The monoisotopic (exact) mass is 937 g/mol. The fraction of sp³-hybridized carbons (Fsp3) is 0.319. The Kier molecular flexibility index (Phi) is 14.9. The molecule has 0 radical (unpaired) electrons. The van der Waals surface area contributed by atoms with Gasteiger partial charge in [0.2, 0.25) is 11.8 Å². The van der Waals surface area contributed by atoms with Crippen LogP contribution in [0.15, 0.2) is 78.2 Å². The Morgan fingerprint density at radius 1 is 0.758 bits per heavy atom. The first-order valence-electron chi connectivity index (χ1n) is 21.4. The quantitative estimate of drug-likeness (QED) is 0.0225. The highest BCUT2D eigenvalue weighted by Crippen LogP contribution is 2.45. The Labute approximate surface area is 387 Å². The molecule has 66 heavy (non-hydrogen) atoms. The van der Waals surface area contributed by atoms with Crippen molar-refractivity contribution >= 4 is 107 Å². The van der Waals surface area contributed by atoms with Gasteiger partial charge in [0.25, 0.3) is 23.6 Å². The van der Waals surface area contributed by atoms with Crippen molar-refractivity contribution in [2.45, 2.75) is 25.7 Å². The molecular weight excluding hydrogens is 890 g/mol. The number of thiophene rings is 1. The van der Waals surface area contributed by atoms with E-state index >= 15 is 0 Å². The van der Waals surface area contributed by atoms with Crippen molar-refractivity contribution in [3.05, 3.63) is 101 Å². The molecular formula is C47H48ClN7O10S. The lowest BCUT2D eigenvalue weighted by Crippen LogP contribution is -2.35. The zero-order valence-electron chi connectivity index (χ0n) is 36.0.